The Balaban J connectivity index is 2.33. The van der Waals surface area contributed by atoms with Crippen molar-refractivity contribution in [3.63, 3.8) is 0 Å². The Labute approximate surface area is 117 Å². The Morgan fingerprint density at radius 3 is 2.50 bits per heavy atom. The lowest BCUT2D eigenvalue weighted by molar-refractivity contribution is 1.21. The van der Waals surface area contributed by atoms with Gasteiger partial charge in [0.15, 0.2) is 0 Å². The van der Waals surface area contributed by atoms with E-state index in [4.69, 9.17) is 23.2 Å². The first-order chi connectivity index (χ1) is 7.58. The molecule has 2 aromatic rings. The summed E-state index contributed by atoms with van der Waals surface area (Å²) in [7, 11) is 0. The maximum absolute atomic E-state index is 6.00. The van der Waals surface area contributed by atoms with Crippen LogP contribution in [0.3, 0.4) is 0 Å². The number of aryl methyl sites for hydroxylation is 1. The quantitative estimate of drug-likeness (QED) is 0.604. The highest BCUT2D eigenvalue weighted by Crippen LogP contribution is 2.37. The van der Waals surface area contributed by atoms with Crippen LogP contribution >= 0.6 is 50.5 Å². The van der Waals surface area contributed by atoms with Crippen LogP contribution in [0.5, 0.6) is 0 Å². The average Bonchev–Trinajstić information content (AvgIpc) is 2.68. The topological polar surface area (TPSA) is 0 Å². The molecule has 0 bridgehead atoms. The minimum Gasteiger partial charge on any atom is -0.127 e. The van der Waals surface area contributed by atoms with E-state index in [1.165, 1.54) is 10.4 Å². The molecule has 0 radical (unpaired) electrons. The fourth-order valence-electron chi connectivity index (χ4n) is 1.45. The Morgan fingerprint density at radius 2 is 1.94 bits per heavy atom. The lowest BCUT2D eigenvalue weighted by Crippen LogP contribution is -1.90. The second-order valence-electron chi connectivity index (χ2n) is 3.51. The minimum atomic E-state index is 0.181. The van der Waals surface area contributed by atoms with Crippen LogP contribution in [0.2, 0.25) is 9.36 Å². The van der Waals surface area contributed by atoms with Crippen LogP contribution in [-0.4, -0.2) is 0 Å². The third-order valence-electron chi connectivity index (χ3n) is 2.32. The summed E-state index contributed by atoms with van der Waals surface area (Å²) in [6.07, 6.45) is 0. The first-order valence-corrected chi connectivity index (χ1v) is 7.22. The lowest BCUT2D eigenvalue weighted by atomic mass is 10.1. The number of thiophene rings is 1. The fourth-order valence-corrected chi connectivity index (χ4v) is 3.36. The number of benzene rings is 1. The molecule has 0 aliphatic carbocycles. The molecular formula is C12H9BrCl2S. The highest BCUT2D eigenvalue weighted by atomic mass is 79.9. The lowest BCUT2D eigenvalue weighted by Gasteiger charge is -2.09. The van der Waals surface area contributed by atoms with Crippen LogP contribution in [0.15, 0.2) is 30.3 Å². The van der Waals surface area contributed by atoms with Crippen LogP contribution < -0.4 is 0 Å². The molecule has 1 heterocycles. The predicted molar refractivity (Wildman–Crippen MR) is 76.3 cm³/mol. The first-order valence-electron chi connectivity index (χ1n) is 4.73. The van der Waals surface area contributed by atoms with Crippen LogP contribution in [0, 0.1) is 6.92 Å². The standard InChI is InChI=1S/C12H9BrCl2S/c1-7-6-8(2-3-9(7)14)12(13)10-4-5-11(15)16-10/h2-6,12H,1H3. The Hall–Kier alpha value is -0.0200. The van der Waals surface area contributed by atoms with E-state index < -0.39 is 0 Å². The molecule has 1 atom stereocenters. The van der Waals surface area contributed by atoms with E-state index in [9.17, 15) is 0 Å². The summed E-state index contributed by atoms with van der Waals surface area (Å²) < 4.78 is 0.810. The third-order valence-corrected chi connectivity index (χ3v) is 5.36. The number of hydrogen-bond donors (Lipinski definition) is 0. The van der Waals surface area contributed by atoms with Crippen molar-refractivity contribution < 1.29 is 0 Å². The number of rotatable bonds is 2. The largest absolute Gasteiger partial charge is 0.127 e. The minimum absolute atomic E-state index is 0.181. The molecule has 1 aromatic heterocycles. The van der Waals surface area contributed by atoms with Gasteiger partial charge in [-0.1, -0.05) is 51.3 Å². The van der Waals surface area contributed by atoms with E-state index in [0.717, 1.165) is 14.9 Å². The molecule has 4 heteroatoms. The van der Waals surface area contributed by atoms with Crippen LogP contribution in [0.4, 0.5) is 0 Å². The summed E-state index contributed by atoms with van der Waals surface area (Å²) in [4.78, 5) is 1.38. The zero-order chi connectivity index (χ0) is 11.7. The van der Waals surface area contributed by atoms with E-state index in [1.54, 1.807) is 11.3 Å². The molecule has 0 saturated carbocycles. The maximum Gasteiger partial charge on any atom is 0.0931 e. The maximum atomic E-state index is 6.00. The van der Waals surface area contributed by atoms with Crippen molar-refractivity contribution >= 4 is 50.5 Å². The van der Waals surface area contributed by atoms with E-state index in [-0.39, 0.29) is 4.83 Å². The Bertz CT molecular complexity index is 507. The molecule has 0 aliphatic heterocycles. The first kappa shape index (κ1) is 12.4. The summed E-state index contributed by atoms with van der Waals surface area (Å²) >= 11 is 17.2. The SMILES string of the molecule is Cc1cc(C(Br)c2ccc(Cl)s2)ccc1Cl. The third kappa shape index (κ3) is 2.62. The average molecular weight is 336 g/mol. The van der Waals surface area contributed by atoms with Gasteiger partial charge in [0.2, 0.25) is 0 Å². The van der Waals surface area contributed by atoms with E-state index in [1.807, 2.05) is 31.2 Å². The molecule has 0 aliphatic rings. The monoisotopic (exact) mass is 334 g/mol. The van der Waals surface area contributed by atoms with Crippen molar-refractivity contribution in [2.45, 2.75) is 11.8 Å². The van der Waals surface area contributed by atoms with Crippen LogP contribution in [-0.2, 0) is 0 Å². The molecule has 2 rings (SSSR count). The molecular weight excluding hydrogens is 327 g/mol. The zero-order valence-corrected chi connectivity index (χ0v) is 12.4. The number of halogens is 3. The van der Waals surface area contributed by atoms with Gasteiger partial charge in [0.1, 0.15) is 0 Å². The number of alkyl halides is 1. The van der Waals surface area contributed by atoms with Gasteiger partial charge >= 0.3 is 0 Å². The molecule has 0 fully saturated rings. The van der Waals surface area contributed by atoms with Crippen LogP contribution in [0.25, 0.3) is 0 Å². The summed E-state index contributed by atoms with van der Waals surface area (Å²) in [5.74, 6) is 0. The van der Waals surface area contributed by atoms with E-state index in [2.05, 4.69) is 22.0 Å². The molecule has 0 amide bonds. The predicted octanol–water partition coefficient (Wildman–Crippen LogP) is 5.85. The molecule has 0 spiro atoms. The summed E-state index contributed by atoms with van der Waals surface area (Å²) in [6.45, 7) is 2.01. The number of hydrogen-bond acceptors (Lipinski definition) is 1. The van der Waals surface area contributed by atoms with Gasteiger partial charge in [0, 0.05) is 9.90 Å². The Kier molecular flexibility index (Phi) is 3.96. The second-order valence-corrected chi connectivity index (χ2v) is 6.58. The van der Waals surface area contributed by atoms with Gasteiger partial charge in [-0.05, 0) is 36.2 Å². The van der Waals surface area contributed by atoms with Gasteiger partial charge in [0.25, 0.3) is 0 Å². The van der Waals surface area contributed by atoms with E-state index >= 15 is 0 Å². The van der Waals surface area contributed by atoms with E-state index in [0.29, 0.717) is 0 Å². The van der Waals surface area contributed by atoms with Gasteiger partial charge in [0.05, 0.1) is 9.16 Å². The Morgan fingerprint density at radius 1 is 1.19 bits per heavy atom. The normalized spacial score (nSPS) is 12.8. The molecule has 0 nitrogen and oxygen atoms in total. The van der Waals surface area contributed by atoms with Gasteiger partial charge in [-0.2, -0.15) is 0 Å². The van der Waals surface area contributed by atoms with Crippen molar-refractivity contribution in [1.29, 1.82) is 0 Å². The van der Waals surface area contributed by atoms with Gasteiger partial charge < -0.3 is 0 Å². The molecule has 16 heavy (non-hydrogen) atoms. The summed E-state index contributed by atoms with van der Waals surface area (Å²) in [5, 5.41) is 0.799. The summed E-state index contributed by atoms with van der Waals surface area (Å²) in [5.41, 5.74) is 2.28. The van der Waals surface area contributed by atoms with Gasteiger partial charge in [-0.15, -0.1) is 11.3 Å². The van der Waals surface area contributed by atoms with Gasteiger partial charge in [-0.25, -0.2) is 0 Å². The van der Waals surface area contributed by atoms with Crippen molar-refractivity contribution in [1.82, 2.24) is 0 Å². The van der Waals surface area contributed by atoms with Crippen molar-refractivity contribution in [2.75, 3.05) is 0 Å². The molecule has 1 unspecified atom stereocenters. The van der Waals surface area contributed by atoms with Gasteiger partial charge in [-0.3, -0.25) is 0 Å². The fraction of sp³-hybridized carbons (Fsp3) is 0.167. The highest BCUT2D eigenvalue weighted by molar-refractivity contribution is 9.09. The zero-order valence-electron chi connectivity index (χ0n) is 8.51. The van der Waals surface area contributed by atoms with Crippen molar-refractivity contribution in [2.24, 2.45) is 0 Å². The molecule has 0 N–H and O–H groups in total. The molecule has 0 saturated heterocycles. The molecule has 1 aromatic carbocycles. The summed E-state index contributed by atoms with van der Waals surface area (Å²) in [6, 6.07) is 10.0. The van der Waals surface area contributed by atoms with Crippen molar-refractivity contribution in [3.8, 4) is 0 Å². The molecule has 84 valence electrons. The smallest absolute Gasteiger partial charge is 0.0931 e. The highest BCUT2D eigenvalue weighted by Gasteiger charge is 2.13. The van der Waals surface area contributed by atoms with Crippen LogP contribution in [0.1, 0.15) is 20.8 Å². The second kappa shape index (κ2) is 5.09. The van der Waals surface area contributed by atoms with Crippen molar-refractivity contribution in [3.05, 3.63) is 55.7 Å².